The lowest BCUT2D eigenvalue weighted by atomic mass is 10.1. The van der Waals surface area contributed by atoms with Crippen LogP contribution < -0.4 is 10.6 Å². The van der Waals surface area contributed by atoms with Crippen LogP contribution in [0, 0.1) is 0 Å². The molecule has 22 heavy (non-hydrogen) atoms. The van der Waals surface area contributed by atoms with E-state index in [-0.39, 0.29) is 6.04 Å². The van der Waals surface area contributed by atoms with Gasteiger partial charge in [0.15, 0.2) is 5.96 Å². The third-order valence-electron chi connectivity index (χ3n) is 3.43. The van der Waals surface area contributed by atoms with Crippen molar-refractivity contribution in [3.63, 3.8) is 0 Å². The summed E-state index contributed by atoms with van der Waals surface area (Å²) in [6.07, 6.45) is 4.81. The monoisotopic (exact) mass is 299 g/mol. The highest BCUT2D eigenvalue weighted by Gasteiger charge is 2.06. The largest absolute Gasteiger partial charge is 0.357 e. The van der Waals surface area contributed by atoms with E-state index in [4.69, 9.17) is 0 Å². The summed E-state index contributed by atoms with van der Waals surface area (Å²) in [4.78, 5) is 4.64. The Bertz CT molecular complexity index is 588. The molecule has 0 radical (unpaired) electrons. The van der Waals surface area contributed by atoms with Crippen molar-refractivity contribution < 1.29 is 0 Å². The molecule has 5 nitrogen and oxygen atoms in total. The normalized spacial score (nSPS) is 13.0. The molecule has 1 heterocycles. The van der Waals surface area contributed by atoms with Crippen LogP contribution in [0.15, 0.2) is 47.7 Å². The topological polar surface area (TPSA) is 54.2 Å². The third-order valence-corrected chi connectivity index (χ3v) is 3.43. The molecule has 2 N–H and O–H groups in total. The average molecular weight is 299 g/mol. The lowest BCUT2D eigenvalue weighted by Crippen LogP contribution is -2.38. The summed E-state index contributed by atoms with van der Waals surface area (Å²) in [7, 11) is 1.93. The summed E-state index contributed by atoms with van der Waals surface area (Å²) in [6, 6.07) is 10.6. The second-order valence-electron chi connectivity index (χ2n) is 5.31. The number of nitrogens with one attached hydrogen (secondary N) is 2. The van der Waals surface area contributed by atoms with E-state index in [1.165, 1.54) is 11.1 Å². The summed E-state index contributed by atoms with van der Waals surface area (Å²) in [5, 5.41) is 10.9. The number of aromatic nitrogens is 2. The van der Waals surface area contributed by atoms with Crippen molar-refractivity contribution in [3.05, 3.63) is 53.9 Å². The Hall–Kier alpha value is -2.30. The van der Waals surface area contributed by atoms with E-state index in [0.29, 0.717) is 0 Å². The molecule has 0 aliphatic rings. The fourth-order valence-electron chi connectivity index (χ4n) is 2.25. The Morgan fingerprint density at radius 1 is 1.32 bits per heavy atom. The van der Waals surface area contributed by atoms with Gasteiger partial charge in [-0.3, -0.25) is 9.67 Å². The summed E-state index contributed by atoms with van der Waals surface area (Å²) >= 11 is 0. The maximum atomic E-state index is 4.64. The highest BCUT2D eigenvalue weighted by atomic mass is 15.2. The highest BCUT2D eigenvalue weighted by molar-refractivity contribution is 5.80. The highest BCUT2D eigenvalue weighted by Crippen LogP contribution is 2.10. The summed E-state index contributed by atoms with van der Waals surface area (Å²) in [5.41, 5.74) is 2.46. The number of benzene rings is 1. The molecule has 0 aliphatic heterocycles. The van der Waals surface area contributed by atoms with Gasteiger partial charge in [0.25, 0.3) is 0 Å². The van der Waals surface area contributed by atoms with E-state index < -0.39 is 0 Å². The average Bonchev–Trinajstić information content (AvgIpc) is 2.94. The van der Waals surface area contributed by atoms with Gasteiger partial charge in [0.05, 0.1) is 12.2 Å². The lowest BCUT2D eigenvalue weighted by molar-refractivity contribution is 0.686. The molecule has 0 bridgehead atoms. The standard InChI is InChI=1S/C17H25N5/c1-4-18-17(19-11-10-15-12-20-22(3)13-15)21-14(2)16-8-6-5-7-9-16/h5-9,12-14H,4,10-11H2,1-3H3,(H2,18,19,21). The molecular weight excluding hydrogens is 274 g/mol. The molecule has 0 spiro atoms. The smallest absolute Gasteiger partial charge is 0.191 e. The van der Waals surface area contributed by atoms with Gasteiger partial charge in [0.2, 0.25) is 0 Å². The van der Waals surface area contributed by atoms with Gasteiger partial charge >= 0.3 is 0 Å². The zero-order chi connectivity index (χ0) is 15.8. The fraction of sp³-hybridized carbons (Fsp3) is 0.412. The molecule has 0 aliphatic carbocycles. The quantitative estimate of drug-likeness (QED) is 0.635. The first kappa shape index (κ1) is 16.1. The van der Waals surface area contributed by atoms with Crippen molar-refractivity contribution in [2.45, 2.75) is 26.3 Å². The van der Waals surface area contributed by atoms with Crippen LogP contribution >= 0.6 is 0 Å². The molecule has 5 heteroatoms. The predicted octanol–water partition coefficient (Wildman–Crippen LogP) is 2.28. The van der Waals surface area contributed by atoms with Crippen LogP contribution in [0.25, 0.3) is 0 Å². The van der Waals surface area contributed by atoms with Crippen LogP contribution in [0.4, 0.5) is 0 Å². The second-order valence-corrected chi connectivity index (χ2v) is 5.31. The molecule has 0 saturated carbocycles. The minimum Gasteiger partial charge on any atom is -0.357 e. The second kappa shape index (κ2) is 8.22. The van der Waals surface area contributed by atoms with Crippen molar-refractivity contribution >= 4 is 5.96 Å². The van der Waals surface area contributed by atoms with Gasteiger partial charge in [-0.05, 0) is 31.4 Å². The SMILES string of the molecule is CCNC(=NCCc1cnn(C)c1)NC(C)c1ccccc1. The first-order valence-electron chi connectivity index (χ1n) is 7.76. The number of guanidine groups is 1. The van der Waals surface area contributed by atoms with Crippen LogP contribution in [0.1, 0.15) is 31.0 Å². The minimum atomic E-state index is 0.220. The van der Waals surface area contributed by atoms with Gasteiger partial charge < -0.3 is 10.6 Å². The van der Waals surface area contributed by atoms with Crippen LogP contribution in [-0.4, -0.2) is 28.8 Å². The molecule has 0 amide bonds. The Morgan fingerprint density at radius 2 is 2.09 bits per heavy atom. The molecule has 2 aromatic rings. The number of aryl methyl sites for hydroxylation is 1. The predicted molar refractivity (Wildman–Crippen MR) is 90.9 cm³/mol. The summed E-state index contributed by atoms with van der Waals surface area (Å²) in [6.45, 7) is 5.80. The number of hydrogen-bond acceptors (Lipinski definition) is 2. The fourth-order valence-corrected chi connectivity index (χ4v) is 2.25. The number of nitrogens with zero attached hydrogens (tertiary/aromatic N) is 3. The van der Waals surface area contributed by atoms with Crippen molar-refractivity contribution in [1.82, 2.24) is 20.4 Å². The van der Waals surface area contributed by atoms with Gasteiger partial charge in [-0.1, -0.05) is 30.3 Å². The van der Waals surface area contributed by atoms with E-state index >= 15 is 0 Å². The molecule has 1 aromatic carbocycles. The van der Waals surface area contributed by atoms with Gasteiger partial charge in [0.1, 0.15) is 0 Å². The van der Waals surface area contributed by atoms with Crippen LogP contribution in [0.5, 0.6) is 0 Å². The van der Waals surface area contributed by atoms with Gasteiger partial charge in [-0.25, -0.2) is 0 Å². The van der Waals surface area contributed by atoms with Crippen LogP contribution in [0.3, 0.4) is 0 Å². The molecule has 2 rings (SSSR count). The molecule has 0 saturated heterocycles. The van der Waals surface area contributed by atoms with Crippen LogP contribution in [0.2, 0.25) is 0 Å². The van der Waals surface area contributed by atoms with E-state index in [9.17, 15) is 0 Å². The molecule has 1 atom stereocenters. The maximum Gasteiger partial charge on any atom is 0.191 e. The zero-order valence-corrected chi connectivity index (χ0v) is 13.6. The molecule has 1 unspecified atom stereocenters. The number of hydrogen-bond donors (Lipinski definition) is 2. The first-order chi connectivity index (χ1) is 10.7. The van der Waals surface area contributed by atoms with E-state index in [1.54, 1.807) is 0 Å². The molecule has 118 valence electrons. The van der Waals surface area contributed by atoms with Gasteiger partial charge in [-0.2, -0.15) is 5.10 Å². The third kappa shape index (κ3) is 4.91. The van der Waals surface area contributed by atoms with Crippen molar-refractivity contribution in [1.29, 1.82) is 0 Å². The maximum absolute atomic E-state index is 4.64. The van der Waals surface area contributed by atoms with Gasteiger partial charge in [-0.15, -0.1) is 0 Å². The Labute approximate surface area is 132 Å². The number of aliphatic imine (C=N–C) groups is 1. The summed E-state index contributed by atoms with van der Waals surface area (Å²) in [5.74, 6) is 0.850. The molecule has 0 fully saturated rings. The van der Waals surface area contributed by atoms with Gasteiger partial charge in [0, 0.05) is 26.3 Å². The van der Waals surface area contributed by atoms with Crippen LogP contribution in [-0.2, 0) is 13.5 Å². The van der Waals surface area contributed by atoms with E-state index in [1.807, 2.05) is 30.2 Å². The minimum absolute atomic E-state index is 0.220. The van der Waals surface area contributed by atoms with E-state index in [2.05, 4.69) is 58.8 Å². The van der Waals surface area contributed by atoms with Crippen molar-refractivity contribution in [2.75, 3.05) is 13.1 Å². The zero-order valence-electron chi connectivity index (χ0n) is 13.6. The first-order valence-corrected chi connectivity index (χ1v) is 7.76. The Morgan fingerprint density at radius 3 is 2.73 bits per heavy atom. The summed E-state index contributed by atoms with van der Waals surface area (Å²) < 4.78 is 1.82. The van der Waals surface area contributed by atoms with Crippen molar-refractivity contribution in [3.8, 4) is 0 Å². The lowest BCUT2D eigenvalue weighted by Gasteiger charge is -2.18. The Kier molecular flexibility index (Phi) is 6.01. The molecular formula is C17H25N5. The number of rotatable bonds is 6. The van der Waals surface area contributed by atoms with Crippen molar-refractivity contribution in [2.24, 2.45) is 12.0 Å². The van der Waals surface area contributed by atoms with E-state index in [0.717, 1.165) is 25.5 Å². The molecule has 1 aromatic heterocycles. The Balaban J connectivity index is 1.92.